The molecule has 1 aliphatic carbocycles. The first-order valence-electron chi connectivity index (χ1n) is 6.75. The summed E-state index contributed by atoms with van der Waals surface area (Å²) in [4.78, 5) is 14.9. The molecule has 2 N–H and O–H groups in total. The normalized spacial score (nSPS) is 14.8. The van der Waals surface area contributed by atoms with E-state index in [0.717, 1.165) is 46.4 Å². The van der Waals surface area contributed by atoms with E-state index in [1.54, 1.807) is 0 Å². The molecule has 3 rings (SSSR count). The molecule has 1 saturated carbocycles. The SMILES string of the molecule is CCc1cc2[nH]c(CNC(=O)C3CC3)cc2cc1Cl. The van der Waals surface area contributed by atoms with E-state index in [-0.39, 0.29) is 11.8 Å². The van der Waals surface area contributed by atoms with Gasteiger partial charge in [-0.05, 0) is 43.0 Å². The van der Waals surface area contributed by atoms with Gasteiger partial charge < -0.3 is 10.3 Å². The monoisotopic (exact) mass is 276 g/mol. The number of carbonyl (C=O) groups excluding carboxylic acids is 1. The lowest BCUT2D eigenvalue weighted by molar-refractivity contribution is -0.122. The van der Waals surface area contributed by atoms with Crippen LogP contribution in [0.15, 0.2) is 18.2 Å². The number of halogens is 1. The molecule has 100 valence electrons. The van der Waals surface area contributed by atoms with Gasteiger partial charge in [-0.2, -0.15) is 0 Å². The molecule has 0 atom stereocenters. The standard InChI is InChI=1S/C15H17ClN2O/c1-2-9-7-14-11(6-13(9)16)5-12(18-14)8-17-15(19)10-3-4-10/h5-7,10,18H,2-4,8H2,1H3,(H,17,19). The highest BCUT2D eigenvalue weighted by atomic mass is 35.5. The number of nitrogens with one attached hydrogen (secondary N) is 2. The Labute approximate surface area is 117 Å². The molecule has 0 bridgehead atoms. The number of fused-ring (bicyclic) bond motifs is 1. The van der Waals surface area contributed by atoms with E-state index < -0.39 is 0 Å². The number of amides is 1. The zero-order valence-corrected chi connectivity index (χ0v) is 11.7. The average Bonchev–Trinajstić information content (AvgIpc) is 3.17. The predicted octanol–water partition coefficient (Wildman–Crippen LogP) is 3.41. The summed E-state index contributed by atoms with van der Waals surface area (Å²) in [5.74, 6) is 0.427. The number of rotatable bonds is 4. The van der Waals surface area contributed by atoms with Crippen LogP contribution in [-0.2, 0) is 17.8 Å². The number of hydrogen-bond acceptors (Lipinski definition) is 1. The number of H-pyrrole nitrogens is 1. The van der Waals surface area contributed by atoms with Crippen LogP contribution < -0.4 is 5.32 Å². The average molecular weight is 277 g/mol. The molecule has 0 radical (unpaired) electrons. The lowest BCUT2D eigenvalue weighted by Gasteiger charge is -2.01. The van der Waals surface area contributed by atoms with E-state index in [1.807, 2.05) is 12.1 Å². The van der Waals surface area contributed by atoms with E-state index in [4.69, 9.17) is 11.6 Å². The van der Waals surface area contributed by atoms with Crippen LogP contribution in [0.5, 0.6) is 0 Å². The van der Waals surface area contributed by atoms with Crippen molar-refractivity contribution in [3.63, 3.8) is 0 Å². The highest BCUT2D eigenvalue weighted by Crippen LogP contribution is 2.29. The third-order valence-electron chi connectivity index (χ3n) is 3.63. The summed E-state index contributed by atoms with van der Waals surface area (Å²) in [6.45, 7) is 2.65. The van der Waals surface area contributed by atoms with Gasteiger partial charge in [0.25, 0.3) is 0 Å². The first-order valence-corrected chi connectivity index (χ1v) is 7.13. The van der Waals surface area contributed by atoms with Gasteiger partial charge in [-0.1, -0.05) is 18.5 Å². The van der Waals surface area contributed by atoms with Crippen molar-refractivity contribution in [3.05, 3.63) is 34.5 Å². The Morgan fingerprint density at radius 3 is 2.89 bits per heavy atom. The van der Waals surface area contributed by atoms with Crippen LogP contribution in [0.2, 0.25) is 5.02 Å². The topological polar surface area (TPSA) is 44.9 Å². The first kappa shape index (κ1) is 12.5. The molecule has 2 aromatic rings. The van der Waals surface area contributed by atoms with Crippen molar-refractivity contribution in [2.45, 2.75) is 32.7 Å². The minimum atomic E-state index is 0.172. The Bertz CT molecular complexity index is 628. The van der Waals surface area contributed by atoms with Gasteiger partial charge in [0.05, 0.1) is 6.54 Å². The minimum Gasteiger partial charge on any atom is -0.357 e. The van der Waals surface area contributed by atoms with Crippen molar-refractivity contribution in [3.8, 4) is 0 Å². The molecule has 1 heterocycles. The molecule has 19 heavy (non-hydrogen) atoms. The van der Waals surface area contributed by atoms with Gasteiger partial charge in [0.2, 0.25) is 5.91 Å². The number of benzene rings is 1. The lowest BCUT2D eigenvalue weighted by atomic mass is 10.1. The van der Waals surface area contributed by atoms with Crippen molar-refractivity contribution >= 4 is 28.4 Å². The van der Waals surface area contributed by atoms with Gasteiger partial charge in [-0.15, -0.1) is 0 Å². The second-order valence-corrected chi connectivity index (χ2v) is 5.58. The van der Waals surface area contributed by atoms with Crippen LogP contribution in [0.1, 0.15) is 31.0 Å². The fourth-order valence-corrected chi connectivity index (χ4v) is 2.60. The van der Waals surface area contributed by atoms with Crippen LogP contribution in [0.25, 0.3) is 10.9 Å². The molecular weight excluding hydrogens is 260 g/mol. The molecule has 0 saturated heterocycles. The van der Waals surface area contributed by atoms with E-state index in [0.29, 0.717) is 6.54 Å². The molecule has 3 nitrogen and oxygen atoms in total. The summed E-state index contributed by atoms with van der Waals surface area (Å²) in [7, 11) is 0. The Morgan fingerprint density at radius 2 is 2.21 bits per heavy atom. The number of hydrogen-bond donors (Lipinski definition) is 2. The van der Waals surface area contributed by atoms with Crippen LogP contribution in [0.3, 0.4) is 0 Å². The number of aryl methyl sites for hydroxylation is 1. The summed E-state index contributed by atoms with van der Waals surface area (Å²) >= 11 is 6.21. The molecule has 0 aliphatic heterocycles. The van der Waals surface area contributed by atoms with Gasteiger partial charge in [-0.25, -0.2) is 0 Å². The lowest BCUT2D eigenvalue weighted by Crippen LogP contribution is -2.24. The van der Waals surface area contributed by atoms with Gasteiger partial charge >= 0.3 is 0 Å². The van der Waals surface area contributed by atoms with E-state index in [9.17, 15) is 4.79 Å². The smallest absolute Gasteiger partial charge is 0.223 e. The van der Waals surface area contributed by atoms with E-state index in [1.165, 1.54) is 0 Å². The summed E-state index contributed by atoms with van der Waals surface area (Å²) in [5, 5.41) is 4.87. The molecule has 1 aromatic heterocycles. The summed E-state index contributed by atoms with van der Waals surface area (Å²) in [5.41, 5.74) is 3.25. The molecule has 1 fully saturated rings. The molecule has 1 amide bonds. The van der Waals surface area contributed by atoms with Crippen molar-refractivity contribution in [2.24, 2.45) is 5.92 Å². The summed E-state index contributed by atoms with van der Waals surface area (Å²) in [6.07, 6.45) is 2.99. The van der Waals surface area contributed by atoms with Crippen molar-refractivity contribution in [1.82, 2.24) is 10.3 Å². The van der Waals surface area contributed by atoms with Gasteiger partial charge in [0, 0.05) is 27.5 Å². The van der Waals surface area contributed by atoms with Crippen LogP contribution >= 0.6 is 11.6 Å². The highest BCUT2D eigenvalue weighted by molar-refractivity contribution is 6.32. The number of aromatic nitrogens is 1. The van der Waals surface area contributed by atoms with Gasteiger partial charge in [-0.3, -0.25) is 4.79 Å². The fourth-order valence-electron chi connectivity index (χ4n) is 2.30. The maximum Gasteiger partial charge on any atom is 0.223 e. The summed E-state index contributed by atoms with van der Waals surface area (Å²) < 4.78 is 0. The minimum absolute atomic E-state index is 0.172. The van der Waals surface area contributed by atoms with Crippen molar-refractivity contribution in [1.29, 1.82) is 0 Å². The fraction of sp³-hybridized carbons (Fsp3) is 0.400. The molecule has 4 heteroatoms. The zero-order valence-electron chi connectivity index (χ0n) is 10.9. The molecule has 0 spiro atoms. The van der Waals surface area contributed by atoms with E-state index >= 15 is 0 Å². The number of carbonyl (C=O) groups is 1. The van der Waals surface area contributed by atoms with Crippen molar-refractivity contribution < 1.29 is 4.79 Å². The first-order chi connectivity index (χ1) is 9.17. The highest BCUT2D eigenvalue weighted by Gasteiger charge is 2.29. The van der Waals surface area contributed by atoms with Crippen LogP contribution in [0, 0.1) is 5.92 Å². The Hall–Kier alpha value is -1.48. The van der Waals surface area contributed by atoms with E-state index in [2.05, 4.69) is 23.3 Å². The largest absolute Gasteiger partial charge is 0.357 e. The number of aromatic amines is 1. The molecular formula is C15H17ClN2O. The van der Waals surface area contributed by atoms with Crippen molar-refractivity contribution in [2.75, 3.05) is 0 Å². The second-order valence-electron chi connectivity index (χ2n) is 5.17. The third kappa shape index (κ3) is 2.61. The quantitative estimate of drug-likeness (QED) is 0.883. The molecule has 1 aromatic carbocycles. The Balaban J connectivity index is 1.78. The summed E-state index contributed by atoms with van der Waals surface area (Å²) in [6, 6.07) is 6.12. The maximum absolute atomic E-state index is 11.6. The predicted molar refractivity (Wildman–Crippen MR) is 77.3 cm³/mol. The maximum atomic E-state index is 11.6. The Morgan fingerprint density at radius 1 is 1.42 bits per heavy atom. The molecule has 1 aliphatic rings. The van der Waals surface area contributed by atoms with Gasteiger partial charge in [0.1, 0.15) is 0 Å². The van der Waals surface area contributed by atoms with Crippen LogP contribution in [-0.4, -0.2) is 10.9 Å². The second kappa shape index (κ2) is 4.89. The third-order valence-corrected chi connectivity index (χ3v) is 3.98. The van der Waals surface area contributed by atoms with Crippen LogP contribution in [0.4, 0.5) is 0 Å². The Kier molecular flexibility index (Phi) is 3.23. The zero-order chi connectivity index (χ0) is 13.4. The molecule has 0 unspecified atom stereocenters. The van der Waals surface area contributed by atoms with Gasteiger partial charge in [0.15, 0.2) is 0 Å².